The number of aliphatic hydroxyl groups is 1. The van der Waals surface area contributed by atoms with Crippen molar-refractivity contribution in [3.05, 3.63) is 71.7 Å². The van der Waals surface area contributed by atoms with Gasteiger partial charge in [-0.1, -0.05) is 30.3 Å². The summed E-state index contributed by atoms with van der Waals surface area (Å²) < 4.78 is 0. The molecular weight excluding hydrogens is 260 g/mol. The molecule has 0 saturated carbocycles. The lowest BCUT2D eigenvalue weighted by Gasteiger charge is -2.18. The van der Waals surface area contributed by atoms with Gasteiger partial charge in [-0.15, -0.1) is 0 Å². The van der Waals surface area contributed by atoms with Crippen molar-refractivity contribution in [3.8, 4) is 0 Å². The summed E-state index contributed by atoms with van der Waals surface area (Å²) in [5.74, 6) is 0.0508. The van der Waals surface area contributed by atoms with E-state index in [2.05, 4.69) is 16.0 Å². The van der Waals surface area contributed by atoms with E-state index in [9.17, 15) is 5.11 Å². The second kappa shape index (κ2) is 4.93. The third kappa shape index (κ3) is 2.10. The van der Waals surface area contributed by atoms with E-state index in [-0.39, 0.29) is 5.92 Å². The van der Waals surface area contributed by atoms with Gasteiger partial charge in [-0.25, -0.2) is 0 Å². The van der Waals surface area contributed by atoms with Crippen LogP contribution in [0.4, 0.5) is 0 Å². The monoisotopic (exact) mass is 276 g/mol. The molecule has 1 aliphatic carbocycles. The van der Waals surface area contributed by atoms with E-state index in [1.165, 1.54) is 5.56 Å². The van der Waals surface area contributed by atoms with Crippen LogP contribution in [0.1, 0.15) is 35.4 Å². The Morgan fingerprint density at radius 1 is 1.05 bits per heavy atom. The average Bonchev–Trinajstić information content (AvgIpc) is 2.98. The van der Waals surface area contributed by atoms with Crippen LogP contribution in [0.15, 0.2) is 54.7 Å². The van der Waals surface area contributed by atoms with Gasteiger partial charge in [0.1, 0.15) is 6.10 Å². The van der Waals surface area contributed by atoms with Crippen LogP contribution < -0.4 is 0 Å². The molecule has 21 heavy (non-hydrogen) atoms. The molecule has 1 N–H and O–H groups in total. The Balaban J connectivity index is 1.72. The van der Waals surface area contributed by atoms with Crippen molar-refractivity contribution in [2.75, 3.05) is 0 Å². The number of aryl methyl sites for hydroxylation is 1. The van der Waals surface area contributed by atoms with Crippen LogP contribution in [-0.4, -0.2) is 15.1 Å². The number of aromatic nitrogens is 2. The topological polar surface area (TPSA) is 46.0 Å². The van der Waals surface area contributed by atoms with Crippen molar-refractivity contribution in [1.82, 2.24) is 9.97 Å². The second-order valence-electron chi connectivity index (χ2n) is 5.57. The van der Waals surface area contributed by atoms with Gasteiger partial charge in [0.2, 0.25) is 0 Å². The molecule has 1 aliphatic rings. The molecule has 0 bridgehead atoms. The molecule has 2 unspecified atom stereocenters. The summed E-state index contributed by atoms with van der Waals surface area (Å²) >= 11 is 0. The standard InChI is InChI=1S/C18H16N2O/c21-18(14-9-7-13-5-3-11-19-17(13)14)16-10-8-12-4-1-2-6-15(12)20-16/h1-6,8,10-11,14,18,21H,7,9H2. The predicted molar refractivity (Wildman–Crippen MR) is 82.0 cm³/mol. The number of nitrogens with zero attached hydrogens (tertiary/aromatic N) is 2. The SMILES string of the molecule is OC(c1ccc2ccccc2n1)C1CCc2cccnc21. The number of hydrogen-bond donors (Lipinski definition) is 1. The van der Waals surface area contributed by atoms with E-state index in [1.54, 1.807) is 6.20 Å². The van der Waals surface area contributed by atoms with E-state index in [1.807, 2.05) is 42.5 Å². The molecule has 0 amide bonds. The highest BCUT2D eigenvalue weighted by atomic mass is 16.3. The molecule has 3 nitrogen and oxygen atoms in total. The number of benzene rings is 1. The first-order valence-electron chi connectivity index (χ1n) is 7.30. The van der Waals surface area contributed by atoms with E-state index >= 15 is 0 Å². The number of aliphatic hydroxyl groups excluding tert-OH is 1. The van der Waals surface area contributed by atoms with Crippen LogP contribution in [0.3, 0.4) is 0 Å². The largest absolute Gasteiger partial charge is 0.386 e. The molecule has 104 valence electrons. The Kier molecular flexibility index (Phi) is 2.93. The van der Waals surface area contributed by atoms with Gasteiger partial charge in [0.15, 0.2) is 0 Å². The minimum atomic E-state index is -0.592. The minimum absolute atomic E-state index is 0.0508. The van der Waals surface area contributed by atoms with Gasteiger partial charge in [-0.2, -0.15) is 0 Å². The van der Waals surface area contributed by atoms with Crippen molar-refractivity contribution in [2.24, 2.45) is 0 Å². The van der Waals surface area contributed by atoms with Gasteiger partial charge < -0.3 is 5.11 Å². The van der Waals surface area contributed by atoms with Crippen molar-refractivity contribution >= 4 is 10.9 Å². The molecule has 1 aromatic carbocycles. The molecule has 0 spiro atoms. The zero-order valence-corrected chi connectivity index (χ0v) is 11.6. The Hall–Kier alpha value is -2.26. The van der Waals surface area contributed by atoms with Gasteiger partial charge >= 0.3 is 0 Å². The predicted octanol–water partition coefficient (Wildman–Crippen LogP) is 3.39. The number of rotatable bonds is 2. The Bertz CT molecular complexity index is 800. The molecule has 3 heteroatoms. The molecular formula is C18H16N2O. The number of hydrogen-bond acceptors (Lipinski definition) is 3. The first-order chi connectivity index (χ1) is 10.3. The Morgan fingerprint density at radius 3 is 2.90 bits per heavy atom. The first-order valence-corrected chi connectivity index (χ1v) is 7.30. The third-order valence-electron chi connectivity index (χ3n) is 4.31. The first kappa shape index (κ1) is 12.5. The molecule has 2 atom stereocenters. The van der Waals surface area contributed by atoms with Crippen LogP contribution in [0.25, 0.3) is 10.9 Å². The van der Waals surface area contributed by atoms with E-state index in [0.29, 0.717) is 0 Å². The van der Waals surface area contributed by atoms with Crippen molar-refractivity contribution in [2.45, 2.75) is 24.9 Å². The maximum Gasteiger partial charge on any atom is 0.104 e. The normalized spacial score (nSPS) is 18.6. The lowest BCUT2D eigenvalue weighted by atomic mass is 9.96. The molecule has 0 aliphatic heterocycles. The fourth-order valence-corrected chi connectivity index (χ4v) is 3.20. The van der Waals surface area contributed by atoms with E-state index in [4.69, 9.17) is 0 Å². The lowest BCUT2D eigenvalue weighted by Crippen LogP contribution is -2.11. The maximum absolute atomic E-state index is 10.7. The zero-order valence-electron chi connectivity index (χ0n) is 11.6. The summed E-state index contributed by atoms with van der Waals surface area (Å²) in [7, 11) is 0. The average molecular weight is 276 g/mol. The van der Waals surface area contributed by atoms with Crippen LogP contribution in [0.5, 0.6) is 0 Å². The Labute approximate surface area is 123 Å². The number of para-hydroxylation sites is 1. The smallest absolute Gasteiger partial charge is 0.104 e. The molecule has 2 aromatic heterocycles. The summed E-state index contributed by atoms with van der Waals surface area (Å²) in [6, 6.07) is 16.0. The lowest BCUT2D eigenvalue weighted by molar-refractivity contribution is 0.139. The van der Waals surface area contributed by atoms with Crippen LogP contribution in [-0.2, 0) is 6.42 Å². The van der Waals surface area contributed by atoms with Gasteiger partial charge in [0.05, 0.1) is 11.2 Å². The quantitative estimate of drug-likeness (QED) is 0.780. The fourth-order valence-electron chi connectivity index (χ4n) is 3.20. The summed E-state index contributed by atoms with van der Waals surface area (Å²) in [5.41, 5.74) is 3.94. The maximum atomic E-state index is 10.7. The van der Waals surface area contributed by atoms with E-state index in [0.717, 1.165) is 35.1 Å². The third-order valence-corrected chi connectivity index (χ3v) is 4.31. The van der Waals surface area contributed by atoms with Crippen LogP contribution in [0.2, 0.25) is 0 Å². The summed E-state index contributed by atoms with van der Waals surface area (Å²) in [6.07, 6.45) is 3.13. The Morgan fingerprint density at radius 2 is 1.95 bits per heavy atom. The van der Waals surface area contributed by atoms with Crippen molar-refractivity contribution < 1.29 is 5.11 Å². The van der Waals surface area contributed by atoms with Crippen LogP contribution >= 0.6 is 0 Å². The van der Waals surface area contributed by atoms with Gasteiger partial charge in [-0.3, -0.25) is 9.97 Å². The molecule has 0 radical (unpaired) electrons. The molecule has 2 heterocycles. The van der Waals surface area contributed by atoms with Crippen molar-refractivity contribution in [3.63, 3.8) is 0 Å². The molecule has 0 fully saturated rings. The van der Waals surface area contributed by atoms with Gasteiger partial charge in [0, 0.05) is 23.2 Å². The summed E-state index contributed by atoms with van der Waals surface area (Å²) in [6.45, 7) is 0. The molecule has 0 saturated heterocycles. The summed E-state index contributed by atoms with van der Waals surface area (Å²) in [5, 5.41) is 11.8. The molecule has 4 rings (SSSR count). The van der Waals surface area contributed by atoms with Gasteiger partial charge in [0.25, 0.3) is 0 Å². The number of fused-ring (bicyclic) bond motifs is 2. The van der Waals surface area contributed by atoms with E-state index < -0.39 is 6.10 Å². The second-order valence-corrected chi connectivity index (χ2v) is 5.57. The highest BCUT2D eigenvalue weighted by Gasteiger charge is 2.31. The molecule has 3 aromatic rings. The zero-order chi connectivity index (χ0) is 14.2. The fraction of sp³-hybridized carbons (Fsp3) is 0.222. The highest BCUT2D eigenvalue weighted by Crippen LogP contribution is 2.39. The van der Waals surface area contributed by atoms with Gasteiger partial charge in [-0.05, 0) is 36.6 Å². The highest BCUT2D eigenvalue weighted by molar-refractivity contribution is 5.78. The van der Waals surface area contributed by atoms with Crippen molar-refractivity contribution in [1.29, 1.82) is 0 Å². The number of pyridine rings is 2. The van der Waals surface area contributed by atoms with Crippen LogP contribution in [0, 0.1) is 0 Å². The summed E-state index contributed by atoms with van der Waals surface area (Å²) in [4.78, 5) is 9.08. The minimum Gasteiger partial charge on any atom is -0.386 e.